The van der Waals surface area contributed by atoms with Crippen molar-refractivity contribution in [3.63, 3.8) is 0 Å². The molecule has 0 amide bonds. The van der Waals surface area contributed by atoms with Crippen LogP contribution >= 0.6 is 0 Å². The molecule has 19 heavy (non-hydrogen) atoms. The van der Waals surface area contributed by atoms with Crippen molar-refractivity contribution in [3.05, 3.63) is 27.9 Å². The van der Waals surface area contributed by atoms with Crippen LogP contribution in [0.1, 0.15) is 30.3 Å². The van der Waals surface area contributed by atoms with Gasteiger partial charge in [0.2, 0.25) is 5.82 Å². The number of nitro groups is 1. The molecule has 0 bridgehead atoms. The monoisotopic (exact) mass is 265 g/mol. The van der Waals surface area contributed by atoms with E-state index in [9.17, 15) is 14.9 Å². The maximum atomic E-state index is 11.0. The van der Waals surface area contributed by atoms with Gasteiger partial charge in [0, 0.05) is 19.2 Å². The molecule has 1 aromatic rings. The molecule has 0 atom stereocenters. The first-order chi connectivity index (χ1) is 8.99. The van der Waals surface area contributed by atoms with E-state index in [1.807, 2.05) is 0 Å². The molecule has 2 rings (SSSR count). The normalized spacial score (nSPS) is 16.4. The Kier molecular flexibility index (Phi) is 3.64. The van der Waals surface area contributed by atoms with Crippen LogP contribution < -0.4 is 4.90 Å². The van der Waals surface area contributed by atoms with Crippen molar-refractivity contribution in [2.24, 2.45) is 5.92 Å². The number of carbonyl (C=O) groups is 1. The number of rotatable bonds is 3. The van der Waals surface area contributed by atoms with E-state index in [4.69, 9.17) is 5.11 Å². The lowest BCUT2D eigenvalue weighted by molar-refractivity contribution is -0.384. The van der Waals surface area contributed by atoms with Crippen LogP contribution in [0.3, 0.4) is 0 Å². The van der Waals surface area contributed by atoms with Crippen molar-refractivity contribution in [1.29, 1.82) is 0 Å². The summed E-state index contributed by atoms with van der Waals surface area (Å²) in [5.41, 5.74) is -0.307. The Labute approximate surface area is 110 Å². The van der Waals surface area contributed by atoms with E-state index in [0.717, 1.165) is 18.9 Å². The minimum Gasteiger partial charge on any atom is -0.477 e. The second-order valence-corrected chi connectivity index (χ2v) is 4.77. The Morgan fingerprint density at radius 1 is 1.47 bits per heavy atom. The summed E-state index contributed by atoms with van der Waals surface area (Å²) in [5.74, 6) is -0.434. The van der Waals surface area contributed by atoms with Gasteiger partial charge in [0.1, 0.15) is 0 Å². The molecular weight excluding hydrogens is 250 g/mol. The molecule has 1 aliphatic heterocycles. The second kappa shape index (κ2) is 5.21. The van der Waals surface area contributed by atoms with Crippen LogP contribution in [0.25, 0.3) is 0 Å². The van der Waals surface area contributed by atoms with Gasteiger partial charge < -0.3 is 10.0 Å². The summed E-state index contributed by atoms with van der Waals surface area (Å²) in [5, 5.41) is 19.9. The van der Waals surface area contributed by atoms with Crippen LogP contribution in [0, 0.1) is 16.0 Å². The zero-order chi connectivity index (χ0) is 14.0. The third-order valence-corrected chi connectivity index (χ3v) is 3.35. The quantitative estimate of drug-likeness (QED) is 0.662. The maximum Gasteiger partial charge on any atom is 0.354 e. The van der Waals surface area contributed by atoms with Crippen molar-refractivity contribution in [1.82, 2.24) is 4.98 Å². The Hall–Kier alpha value is -2.18. The van der Waals surface area contributed by atoms with E-state index in [2.05, 4.69) is 11.9 Å². The smallest absolute Gasteiger partial charge is 0.354 e. The van der Waals surface area contributed by atoms with Gasteiger partial charge in [-0.15, -0.1) is 0 Å². The molecular formula is C12H15N3O4. The first-order valence-corrected chi connectivity index (χ1v) is 6.12. The number of anilines is 1. The van der Waals surface area contributed by atoms with Crippen molar-refractivity contribution in [2.45, 2.75) is 19.8 Å². The molecule has 7 nitrogen and oxygen atoms in total. The van der Waals surface area contributed by atoms with Gasteiger partial charge in [-0.1, -0.05) is 6.92 Å². The number of nitrogens with zero attached hydrogens (tertiary/aromatic N) is 3. The minimum atomic E-state index is -1.18. The molecule has 1 aliphatic rings. The Balaban J connectivity index is 2.37. The highest BCUT2D eigenvalue weighted by atomic mass is 16.6. The lowest BCUT2D eigenvalue weighted by Crippen LogP contribution is -2.34. The number of aromatic carboxylic acids is 1. The first kappa shape index (κ1) is 13.3. The zero-order valence-electron chi connectivity index (χ0n) is 10.6. The van der Waals surface area contributed by atoms with Crippen LogP contribution in [-0.2, 0) is 0 Å². The number of piperidine rings is 1. The second-order valence-electron chi connectivity index (χ2n) is 4.77. The number of pyridine rings is 1. The molecule has 7 heteroatoms. The molecule has 0 radical (unpaired) electrons. The fourth-order valence-electron chi connectivity index (χ4n) is 2.16. The average molecular weight is 265 g/mol. The molecule has 0 spiro atoms. The summed E-state index contributed by atoms with van der Waals surface area (Å²) < 4.78 is 0. The van der Waals surface area contributed by atoms with Gasteiger partial charge in [-0.25, -0.2) is 9.78 Å². The van der Waals surface area contributed by atoms with E-state index in [-0.39, 0.29) is 17.2 Å². The number of hydrogen-bond acceptors (Lipinski definition) is 5. The average Bonchev–Trinajstić information content (AvgIpc) is 2.38. The summed E-state index contributed by atoms with van der Waals surface area (Å²) >= 11 is 0. The highest BCUT2D eigenvalue weighted by Crippen LogP contribution is 2.29. The van der Waals surface area contributed by atoms with Crippen molar-refractivity contribution < 1.29 is 14.8 Å². The Morgan fingerprint density at radius 3 is 2.63 bits per heavy atom. The fraction of sp³-hybridized carbons (Fsp3) is 0.500. The zero-order valence-corrected chi connectivity index (χ0v) is 10.6. The number of hydrogen-bond donors (Lipinski definition) is 1. The van der Waals surface area contributed by atoms with E-state index in [1.165, 1.54) is 6.07 Å². The van der Waals surface area contributed by atoms with E-state index < -0.39 is 10.9 Å². The molecule has 0 saturated carbocycles. The van der Waals surface area contributed by atoms with Crippen LogP contribution in [0.5, 0.6) is 0 Å². The number of carboxylic acid groups (broad SMARTS) is 1. The van der Waals surface area contributed by atoms with Gasteiger partial charge in [-0.05, 0) is 24.8 Å². The third kappa shape index (κ3) is 2.81. The predicted octanol–water partition coefficient (Wildman–Crippen LogP) is 1.92. The minimum absolute atomic E-state index is 0.139. The van der Waals surface area contributed by atoms with Gasteiger partial charge in [0.25, 0.3) is 0 Å². The number of aromatic nitrogens is 1. The van der Waals surface area contributed by atoms with Gasteiger partial charge in [0.15, 0.2) is 5.69 Å². The molecule has 1 N–H and O–H groups in total. The van der Waals surface area contributed by atoms with Crippen molar-refractivity contribution in [2.75, 3.05) is 18.0 Å². The molecule has 0 aromatic carbocycles. The molecule has 0 unspecified atom stereocenters. The standard InChI is InChI=1S/C12H15N3O4/c1-8-4-6-14(7-5-8)11-10(15(18)19)3-2-9(13-11)12(16)17/h2-3,8H,4-7H2,1H3,(H,16,17). The Bertz CT molecular complexity index is 510. The van der Waals surface area contributed by atoms with Crippen LogP contribution in [0.4, 0.5) is 11.5 Å². The molecule has 0 aliphatic carbocycles. The fourth-order valence-corrected chi connectivity index (χ4v) is 2.16. The summed E-state index contributed by atoms with van der Waals surface area (Å²) in [6.45, 7) is 3.46. The topological polar surface area (TPSA) is 96.6 Å². The van der Waals surface area contributed by atoms with Crippen molar-refractivity contribution in [3.8, 4) is 0 Å². The summed E-state index contributed by atoms with van der Waals surface area (Å²) in [7, 11) is 0. The highest BCUT2D eigenvalue weighted by molar-refractivity contribution is 5.86. The number of carboxylic acids is 1. The highest BCUT2D eigenvalue weighted by Gasteiger charge is 2.26. The lowest BCUT2D eigenvalue weighted by atomic mass is 9.99. The predicted molar refractivity (Wildman–Crippen MR) is 68.5 cm³/mol. The largest absolute Gasteiger partial charge is 0.477 e. The summed E-state index contributed by atoms with van der Waals surface area (Å²) in [6.07, 6.45) is 1.85. The van der Waals surface area contributed by atoms with Gasteiger partial charge in [0.05, 0.1) is 4.92 Å². The summed E-state index contributed by atoms with van der Waals surface area (Å²) in [4.78, 5) is 27.1. The van der Waals surface area contributed by atoms with E-state index in [0.29, 0.717) is 19.0 Å². The van der Waals surface area contributed by atoms with Crippen molar-refractivity contribution >= 4 is 17.5 Å². The lowest BCUT2D eigenvalue weighted by Gasteiger charge is -2.30. The SMILES string of the molecule is CC1CCN(c2nc(C(=O)O)ccc2[N+](=O)[O-])CC1. The van der Waals surface area contributed by atoms with Crippen LogP contribution in [0.15, 0.2) is 12.1 Å². The summed E-state index contributed by atoms with van der Waals surface area (Å²) in [6, 6.07) is 2.38. The molecule has 2 heterocycles. The molecule has 1 aromatic heterocycles. The molecule has 1 fully saturated rings. The van der Waals surface area contributed by atoms with E-state index >= 15 is 0 Å². The van der Waals surface area contributed by atoms with Crippen LogP contribution in [0.2, 0.25) is 0 Å². The van der Waals surface area contributed by atoms with E-state index in [1.54, 1.807) is 4.90 Å². The molecule has 102 valence electrons. The van der Waals surface area contributed by atoms with Gasteiger partial charge in [-0.3, -0.25) is 10.1 Å². The van der Waals surface area contributed by atoms with Gasteiger partial charge >= 0.3 is 11.7 Å². The third-order valence-electron chi connectivity index (χ3n) is 3.35. The van der Waals surface area contributed by atoms with Crippen LogP contribution in [-0.4, -0.2) is 34.1 Å². The Morgan fingerprint density at radius 2 is 2.11 bits per heavy atom. The molecule has 1 saturated heterocycles. The maximum absolute atomic E-state index is 11.0. The first-order valence-electron chi connectivity index (χ1n) is 6.12. The van der Waals surface area contributed by atoms with Gasteiger partial charge in [-0.2, -0.15) is 0 Å².